The molecule has 0 fully saturated rings. The third kappa shape index (κ3) is 6.52. The van der Waals surface area contributed by atoms with Crippen LogP contribution in [0.25, 0.3) is 0 Å². The minimum atomic E-state index is -1.43. The second-order valence-electron chi connectivity index (χ2n) is 8.38. The molecule has 2 atom stereocenters. The molecule has 0 spiro atoms. The summed E-state index contributed by atoms with van der Waals surface area (Å²) in [5.41, 5.74) is -1.40. The van der Waals surface area contributed by atoms with E-state index in [4.69, 9.17) is 0 Å². The summed E-state index contributed by atoms with van der Waals surface area (Å²) >= 11 is 3.21. The fourth-order valence-corrected chi connectivity index (χ4v) is 3.96. The first-order valence-corrected chi connectivity index (χ1v) is 12.5. The van der Waals surface area contributed by atoms with Crippen molar-refractivity contribution in [2.75, 3.05) is 29.7 Å². The summed E-state index contributed by atoms with van der Waals surface area (Å²) in [6.45, 7) is 4.56. The van der Waals surface area contributed by atoms with Gasteiger partial charge < -0.3 is 10.6 Å². The van der Waals surface area contributed by atoms with Gasteiger partial charge in [0.2, 0.25) is 11.1 Å². The number of thioether (sulfide) groups is 2. The van der Waals surface area contributed by atoms with Crippen LogP contribution in [-0.4, -0.2) is 46.0 Å². The fraction of sp³-hybridized carbons (Fsp3) is 0.455. The number of nitrogens with one attached hydrogen (secondary N) is 2. The second-order valence-corrected chi connectivity index (χ2v) is 10.1. The Morgan fingerprint density at radius 2 is 1.31 bits per heavy atom. The smallest absolute Gasteiger partial charge is 0.238 e. The van der Waals surface area contributed by atoms with Crippen molar-refractivity contribution in [3.63, 3.8) is 0 Å². The zero-order valence-electron chi connectivity index (χ0n) is 19.0. The molecule has 2 aromatic carbocycles. The molecule has 0 radical (unpaired) electrons. The van der Waals surface area contributed by atoms with Crippen molar-refractivity contribution in [1.29, 1.82) is 0 Å². The van der Waals surface area contributed by atoms with Crippen molar-refractivity contribution in [3.05, 3.63) is 68.8 Å². The summed E-state index contributed by atoms with van der Waals surface area (Å²) < 4.78 is 0. The number of rotatable bonds is 12. The van der Waals surface area contributed by atoms with Crippen LogP contribution in [0.15, 0.2) is 58.3 Å². The Hall–Kier alpha value is -2.46. The van der Waals surface area contributed by atoms with E-state index in [1.54, 1.807) is 23.5 Å². The molecule has 174 valence electrons. The van der Waals surface area contributed by atoms with Gasteiger partial charge in [-0.2, -0.15) is 0 Å². The van der Waals surface area contributed by atoms with E-state index >= 15 is 0 Å². The maximum atomic E-state index is 12.1. The summed E-state index contributed by atoms with van der Waals surface area (Å²) in [5.74, 6) is 0. The van der Waals surface area contributed by atoms with Crippen LogP contribution in [0.3, 0.4) is 0 Å². The van der Waals surface area contributed by atoms with Gasteiger partial charge in [-0.05, 0) is 61.0 Å². The molecular weight excluding hydrogens is 448 g/mol. The first kappa shape index (κ1) is 25.8. The highest BCUT2D eigenvalue weighted by atomic mass is 32.2. The Morgan fingerprint density at radius 3 is 1.72 bits per heavy atom. The third-order valence-electron chi connectivity index (χ3n) is 5.60. The topological polar surface area (TPSA) is 110 Å². The lowest BCUT2D eigenvalue weighted by Crippen LogP contribution is -2.55. The van der Waals surface area contributed by atoms with Crippen molar-refractivity contribution < 1.29 is 9.85 Å². The van der Waals surface area contributed by atoms with Gasteiger partial charge in [-0.1, -0.05) is 0 Å². The average Bonchev–Trinajstić information content (AvgIpc) is 2.77. The van der Waals surface area contributed by atoms with E-state index in [1.165, 1.54) is 20.8 Å². The van der Waals surface area contributed by atoms with Crippen LogP contribution < -0.4 is 10.6 Å². The van der Waals surface area contributed by atoms with Crippen molar-refractivity contribution >= 4 is 34.9 Å². The summed E-state index contributed by atoms with van der Waals surface area (Å²) in [6, 6.07) is 14.4. The van der Waals surface area contributed by atoms with Gasteiger partial charge >= 0.3 is 0 Å². The molecule has 0 aromatic heterocycles. The molecule has 2 unspecified atom stereocenters. The maximum absolute atomic E-state index is 12.1. The Bertz CT molecular complexity index is 923. The molecule has 2 aromatic rings. The van der Waals surface area contributed by atoms with Gasteiger partial charge in [-0.25, -0.2) is 0 Å². The zero-order valence-corrected chi connectivity index (χ0v) is 20.6. The van der Waals surface area contributed by atoms with Crippen LogP contribution in [0, 0.1) is 20.2 Å². The molecule has 0 amide bonds. The fourth-order valence-electron chi connectivity index (χ4n) is 3.15. The summed E-state index contributed by atoms with van der Waals surface area (Å²) in [5, 5.41) is 30.2. The van der Waals surface area contributed by atoms with Crippen LogP contribution >= 0.6 is 23.5 Å². The van der Waals surface area contributed by atoms with Gasteiger partial charge in [-0.3, -0.25) is 20.2 Å². The van der Waals surface area contributed by atoms with E-state index in [9.17, 15) is 20.2 Å². The molecule has 0 aliphatic heterocycles. The average molecular weight is 479 g/mol. The number of benzene rings is 2. The van der Waals surface area contributed by atoms with Crippen LogP contribution in [-0.2, 0) is 0 Å². The maximum Gasteiger partial charge on any atom is 0.238 e. The van der Waals surface area contributed by atoms with Crippen LogP contribution in [0.1, 0.15) is 27.2 Å². The van der Waals surface area contributed by atoms with Crippen LogP contribution in [0.5, 0.6) is 0 Å². The number of hydrogen-bond acceptors (Lipinski definition) is 8. The van der Waals surface area contributed by atoms with E-state index in [0.717, 1.165) is 15.5 Å². The zero-order chi connectivity index (χ0) is 23.9. The van der Waals surface area contributed by atoms with Crippen LogP contribution in [0.4, 0.5) is 11.4 Å². The quantitative estimate of drug-likeness (QED) is 0.234. The molecular formula is C22H30N4O4S2. The van der Waals surface area contributed by atoms with Gasteiger partial charge in [0.15, 0.2) is 0 Å². The van der Waals surface area contributed by atoms with E-state index in [2.05, 4.69) is 10.6 Å². The monoisotopic (exact) mass is 478 g/mol. The Balaban J connectivity index is 2.26. The summed E-state index contributed by atoms with van der Waals surface area (Å²) in [7, 11) is 0. The molecule has 0 saturated carbocycles. The lowest BCUT2D eigenvalue weighted by Gasteiger charge is -2.33. The lowest BCUT2D eigenvalue weighted by molar-refractivity contribution is -0.579. The first-order valence-electron chi connectivity index (χ1n) is 10.1. The van der Waals surface area contributed by atoms with Gasteiger partial charge in [0.25, 0.3) is 0 Å². The highest BCUT2D eigenvalue weighted by Crippen LogP contribution is 2.29. The molecule has 0 aliphatic carbocycles. The molecule has 10 heteroatoms. The van der Waals surface area contributed by atoms with Gasteiger partial charge in [0.05, 0.1) is 6.54 Å². The SMILES string of the molecule is CSc1ccc(NCC(C)(CC(Nc2ccc(SC)cc2)C(C)(C)[N+](=O)[O-])[N+](=O)[O-])cc1. The highest BCUT2D eigenvalue weighted by molar-refractivity contribution is 7.98. The van der Waals surface area contributed by atoms with E-state index in [1.807, 2.05) is 61.0 Å². The molecule has 0 saturated heterocycles. The predicted octanol–water partition coefficient (Wildman–Crippen LogP) is 5.50. The number of anilines is 2. The van der Waals surface area contributed by atoms with Gasteiger partial charge in [0, 0.05) is 58.2 Å². The van der Waals surface area contributed by atoms with Crippen LogP contribution in [0.2, 0.25) is 0 Å². The predicted molar refractivity (Wildman–Crippen MR) is 133 cm³/mol. The van der Waals surface area contributed by atoms with Gasteiger partial charge in [0.1, 0.15) is 6.04 Å². The Labute approximate surface area is 197 Å². The molecule has 2 rings (SSSR count). The number of nitrogens with zero attached hydrogens (tertiary/aromatic N) is 2. The van der Waals surface area contributed by atoms with Gasteiger partial charge in [-0.15, -0.1) is 23.5 Å². The minimum absolute atomic E-state index is 0.0336. The molecule has 0 bridgehead atoms. The lowest BCUT2D eigenvalue weighted by atomic mass is 9.83. The van der Waals surface area contributed by atoms with Crippen molar-refractivity contribution in [2.45, 2.75) is 54.1 Å². The minimum Gasteiger partial charge on any atom is -0.378 e. The van der Waals surface area contributed by atoms with E-state index in [0.29, 0.717) is 5.69 Å². The molecule has 8 nitrogen and oxygen atoms in total. The second kappa shape index (κ2) is 10.9. The number of nitro groups is 2. The van der Waals surface area contributed by atoms with E-state index in [-0.39, 0.29) is 22.8 Å². The molecule has 32 heavy (non-hydrogen) atoms. The van der Waals surface area contributed by atoms with Crippen molar-refractivity contribution in [1.82, 2.24) is 0 Å². The Morgan fingerprint density at radius 1 is 0.844 bits per heavy atom. The largest absolute Gasteiger partial charge is 0.378 e. The highest BCUT2D eigenvalue weighted by Gasteiger charge is 2.49. The standard InChI is InChI=1S/C22H30N4O4S2/c1-21(2,25(27)28)20(24-17-8-12-19(32-5)13-9-17)14-22(3,26(29)30)15-23-16-6-10-18(31-4)11-7-16/h6-13,20,23-24H,14-15H2,1-5H3. The summed E-state index contributed by atoms with van der Waals surface area (Å²) in [6.07, 6.45) is 3.91. The summed E-state index contributed by atoms with van der Waals surface area (Å²) in [4.78, 5) is 25.3. The van der Waals surface area contributed by atoms with Crippen molar-refractivity contribution in [3.8, 4) is 0 Å². The van der Waals surface area contributed by atoms with E-state index < -0.39 is 17.1 Å². The molecule has 2 N–H and O–H groups in total. The third-order valence-corrected chi connectivity index (χ3v) is 7.09. The number of hydrogen-bond donors (Lipinski definition) is 2. The first-order chi connectivity index (χ1) is 15.0. The van der Waals surface area contributed by atoms with Crippen molar-refractivity contribution in [2.24, 2.45) is 0 Å². The molecule has 0 aliphatic rings. The molecule has 0 heterocycles. The normalized spacial score (nSPS) is 14.3. The Kier molecular flexibility index (Phi) is 8.80.